The van der Waals surface area contributed by atoms with Gasteiger partial charge in [-0.3, -0.25) is 14.5 Å². The van der Waals surface area contributed by atoms with Crippen LogP contribution in [-0.4, -0.2) is 41.1 Å². The van der Waals surface area contributed by atoms with E-state index in [1.807, 2.05) is 47.2 Å². The Morgan fingerprint density at radius 3 is 2.81 bits per heavy atom. The van der Waals surface area contributed by atoms with Crippen LogP contribution in [0.4, 0.5) is 5.13 Å². The minimum atomic E-state index is -0.339. The molecule has 0 saturated carbocycles. The maximum atomic E-state index is 13.1. The predicted octanol–water partition coefficient (Wildman–Crippen LogP) is 4.15. The number of benzene rings is 1. The van der Waals surface area contributed by atoms with Crippen molar-refractivity contribution in [2.45, 2.75) is 19.4 Å². The average molecular weight is 456 g/mol. The number of carbonyl (C=O) groups is 2. The number of anilines is 1. The molecule has 7 nitrogen and oxygen atoms in total. The predicted molar refractivity (Wildman–Crippen MR) is 123 cm³/mol. The number of nitrogens with one attached hydrogen (secondary N) is 1. The van der Waals surface area contributed by atoms with Crippen LogP contribution in [0.5, 0.6) is 0 Å². The van der Waals surface area contributed by atoms with E-state index in [0.717, 1.165) is 11.0 Å². The lowest BCUT2D eigenvalue weighted by atomic mass is 10.2. The maximum absolute atomic E-state index is 13.1. The summed E-state index contributed by atoms with van der Waals surface area (Å²) in [6.07, 6.45) is 0.0982. The van der Waals surface area contributed by atoms with E-state index in [2.05, 4.69) is 10.3 Å². The van der Waals surface area contributed by atoms with Gasteiger partial charge in [-0.15, -0.1) is 22.7 Å². The van der Waals surface area contributed by atoms with E-state index in [0.29, 0.717) is 21.5 Å². The van der Waals surface area contributed by atoms with E-state index in [-0.39, 0.29) is 37.4 Å². The summed E-state index contributed by atoms with van der Waals surface area (Å²) in [7, 11) is 0. The second-order valence-electron chi connectivity index (χ2n) is 7.00. The number of aliphatic hydroxyl groups is 1. The van der Waals surface area contributed by atoms with Crippen molar-refractivity contribution < 1.29 is 19.1 Å². The Kier molecular flexibility index (Phi) is 6.45. The van der Waals surface area contributed by atoms with E-state index in [9.17, 15) is 9.59 Å². The lowest BCUT2D eigenvalue weighted by Crippen LogP contribution is -2.39. The van der Waals surface area contributed by atoms with Gasteiger partial charge in [0.25, 0.3) is 5.91 Å². The number of rotatable bonds is 8. The third-order valence-electron chi connectivity index (χ3n) is 4.62. The second kappa shape index (κ2) is 9.42. The van der Waals surface area contributed by atoms with E-state index < -0.39 is 0 Å². The largest absolute Gasteiger partial charge is 0.454 e. The smallest absolute Gasteiger partial charge is 0.270 e. The number of aromatic nitrogens is 1. The SMILES string of the molecule is CC(CO)NC(=O)CCN(C(=O)c1cccs1)c1nc(-c2cc3ccccc3o2)cs1. The molecule has 0 radical (unpaired) electrons. The first kappa shape index (κ1) is 21.2. The molecule has 9 heteroatoms. The molecule has 0 aliphatic rings. The summed E-state index contributed by atoms with van der Waals surface area (Å²) in [5.41, 5.74) is 1.41. The molecule has 4 rings (SSSR count). The summed E-state index contributed by atoms with van der Waals surface area (Å²) < 4.78 is 5.89. The van der Waals surface area contributed by atoms with Gasteiger partial charge in [0.1, 0.15) is 11.3 Å². The number of carbonyl (C=O) groups excluding carboxylic acids is 2. The zero-order valence-electron chi connectivity index (χ0n) is 16.8. The highest BCUT2D eigenvalue weighted by molar-refractivity contribution is 7.14. The molecule has 4 aromatic rings. The summed E-state index contributed by atoms with van der Waals surface area (Å²) in [5.74, 6) is 0.185. The molecular formula is C22H21N3O4S2. The first-order chi connectivity index (χ1) is 15.0. The lowest BCUT2D eigenvalue weighted by Gasteiger charge is -2.19. The number of para-hydroxylation sites is 1. The monoisotopic (exact) mass is 455 g/mol. The van der Waals surface area contributed by atoms with Gasteiger partial charge in [-0.2, -0.15) is 0 Å². The molecular weight excluding hydrogens is 434 g/mol. The van der Waals surface area contributed by atoms with Crippen molar-refractivity contribution in [3.63, 3.8) is 0 Å². The molecule has 0 spiro atoms. The fraction of sp³-hybridized carbons (Fsp3) is 0.227. The number of hydrogen-bond donors (Lipinski definition) is 2. The van der Waals surface area contributed by atoms with Crippen LogP contribution >= 0.6 is 22.7 Å². The topological polar surface area (TPSA) is 95.7 Å². The summed E-state index contributed by atoms with van der Waals surface area (Å²) in [6, 6.07) is 12.9. The molecule has 3 aromatic heterocycles. The molecule has 0 fully saturated rings. The summed E-state index contributed by atoms with van der Waals surface area (Å²) in [4.78, 5) is 32.0. The summed E-state index contributed by atoms with van der Waals surface area (Å²) in [5, 5.41) is 17.0. The van der Waals surface area contributed by atoms with Gasteiger partial charge in [0.15, 0.2) is 10.9 Å². The number of nitrogens with zero attached hydrogens (tertiary/aromatic N) is 2. The number of fused-ring (bicyclic) bond motifs is 1. The Balaban J connectivity index is 1.57. The average Bonchev–Trinajstić information content (AvgIpc) is 3.53. The summed E-state index contributed by atoms with van der Waals surface area (Å²) in [6.45, 7) is 1.75. The van der Waals surface area contributed by atoms with Crippen LogP contribution in [0, 0.1) is 0 Å². The van der Waals surface area contributed by atoms with Gasteiger partial charge in [-0.1, -0.05) is 24.3 Å². The highest BCUT2D eigenvalue weighted by Gasteiger charge is 2.23. The highest BCUT2D eigenvalue weighted by Crippen LogP contribution is 2.32. The van der Waals surface area contributed by atoms with Crippen molar-refractivity contribution in [2.24, 2.45) is 0 Å². The van der Waals surface area contributed by atoms with Crippen molar-refractivity contribution in [3.8, 4) is 11.5 Å². The van der Waals surface area contributed by atoms with E-state index in [1.54, 1.807) is 13.0 Å². The van der Waals surface area contributed by atoms with Crippen molar-refractivity contribution in [1.29, 1.82) is 0 Å². The minimum absolute atomic E-state index is 0.0982. The molecule has 0 saturated heterocycles. The third-order valence-corrected chi connectivity index (χ3v) is 6.34. The van der Waals surface area contributed by atoms with Crippen molar-refractivity contribution in [1.82, 2.24) is 10.3 Å². The van der Waals surface area contributed by atoms with Crippen LogP contribution in [0.2, 0.25) is 0 Å². The second-order valence-corrected chi connectivity index (χ2v) is 8.78. The van der Waals surface area contributed by atoms with Crippen molar-refractivity contribution >= 4 is 50.6 Å². The first-order valence-electron chi connectivity index (χ1n) is 9.75. The molecule has 2 N–H and O–H groups in total. The fourth-order valence-electron chi connectivity index (χ4n) is 3.03. The molecule has 160 valence electrons. The normalized spacial score (nSPS) is 12.1. The Morgan fingerprint density at radius 1 is 1.23 bits per heavy atom. The van der Waals surface area contributed by atoms with Gasteiger partial charge >= 0.3 is 0 Å². The lowest BCUT2D eigenvalue weighted by molar-refractivity contribution is -0.121. The number of furan rings is 1. The van der Waals surface area contributed by atoms with E-state index in [1.165, 1.54) is 27.6 Å². The maximum Gasteiger partial charge on any atom is 0.270 e. The molecule has 3 heterocycles. The molecule has 0 bridgehead atoms. The Hall–Kier alpha value is -3.01. The van der Waals surface area contributed by atoms with Crippen LogP contribution in [-0.2, 0) is 4.79 Å². The zero-order valence-corrected chi connectivity index (χ0v) is 18.4. The summed E-state index contributed by atoms with van der Waals surface area (Å²) >= 11 is 2.67. The van der Waals surface area contributed by atoms with Gasteiger partial charge in [0.2, 0.25) is 5.91 Å². The van der Waals surface area contributed by atoms with Gasteiger partial charge in [-0.25, -0.2) is 4.98 Å². The number of aliphatic hydroxyl groups excluding tert-OH is 1. The molecule has 1 atom stereocenters. The fourth-order valence-corrected chi connectivity index (χ4v) is 4.54. The number of amides is 2. The molecule has 0 aliphatic carbocycles. The van der Waals surface area contributed by atoms with Crippen molar-refractivity contribution in [3.05, 3.63) is 58.1 Å². The van der Waals surface area contributed by atoms with Crippen LogP contribution in [0.1, 0.15) is 23.0 Å². The van der Waals surface area contributed by atoms with Crippen LogP contribution in [0.15, 0.2) is 57.6 Å². The van der Waals surface area contributed by atoms with Gasteiger partial charge in [-0.05, 0) is 30.5 Å². The first-order valence-corrected chi connectivity index (χ1v) is 11.5. The quantitative estimate of drug-likeness (QED) is 0.416. The van der Waals surface area contributed by atoms with Crippen molar-refractivity contribution in [2.75, 3.05) is 18.1 Å². The standard InChI is InChI=1S/C22H21N3O4S2/c1-14(12-26)23-20(27)8-9-25(21(28)19-7-4-10-30-19)22-24-16(13-31-22)18-11-15-5-2-3-6-17(15)29-18/h2-7,10-11,13-14,26H,8-9,12H2,1H3,(H,23,27). The highest BCUT2D eigenvalue weighted by atomic mass is 32.1. The Morgan fingerprint density at radius 2 is 2.06 bits per heavy atom. The number of hydrogen-bond acceptors (Lipinski definition) is 7. The third kappa shape index (κ3) is 4.84. The molecule has 2 amide bonds. The Bertz CT molecular complexity index is 1150. The van der Waals surface area contributed by atoms with Crippen LogP contribution in [0.25, 0.3) is 22.4 Å². The van der Waals surface area contributed by atoms with Gasteiger partial charge < -0.3 is 14.8 Å². The van der Waals surface area contributed by atoms with Gasteiger partial charge in [0.05, 0.1) is 11.5 Å². The zero-order chi connectivity index (χ0) is 21.8. The number of thiazole rings is 1. The molecule has 31 heavy (non-hydrogen) atoms. The van der Waals surface area contributed by atoms with Gasteiger partial charge in [0, 0.05) is 29.8 Å². The van der Waals surface area contributed by atoms with Crippen LogP contribution < -0.4 is 10.2 Å². The molecule has 1 unspecified atom stereocenters. The van der Waals surface area contributed by atoms with E-state index >= 15 is 0 Å². The minimum Gasteiger partial charge on any atom is -0.454 e. The number of thiophene rings is 1. The van der Waals surface area contributed by atoms with Crippen LogP contribution in [0.3, 0.4) is 0 Å². The molecule has 0 aliphatic heterocycles. The Labute approximate surface area is 187 Å². The molecule has 1 aromatic carbocycles. The van der Waals surface area contributed by atoms with E-state index in [4.69, 9.17) is 9.52 Å².